The maximum Gasteiger partial charge on any atom is 0.333 e. The number of esters is 1. The van der Waals surface area contributed by atoms with Crippen LogP contribution in [-0.4, -0.2) is 44.2 Å². The minimum atomic E-state index is -0.281. The third-order valence-electron chi connectivity index (χ3n) is 2.90. The van der Waals surface area contributed by atoms with Crippen LogP contribution in [0.25, 0.3) is 0 Å². The highest BCUT2D eigenvalue weighted by Gasteiger charge is 2.15. The highest BCUT2D eigenvalue weighted by molar-refractivity contribution is 5.86. The minimum Gasteiger partial charge on any atom is -1.00 e. The molecule has 0 saturated carbocycles. The maximum atomic E-state index is 11.2. The lowest BCUT2D eigenvalue weighted by atomic mass is 10.2. The number of hydrogen-bond acceptors (Lipinski definition) is 2. The van der Waals surface area contributed by atoms with Gasteiger partial charge < -0.3 is 21.6 Å². The third kappa shape index (κ3) is 10.6. The number of quaternary nitrogens is 1. The van der Waals surface area contributed by atoms with Gasteiger partial charge >= 0.3 is 5.97 Å². The first-order valence-electron chi connectivity index (χ1n) is 6.53. The number of carbonyl (C=O) groups is 1. The number of unbranched alkanes of at least 4 members (excludes halogenated alkanes) is 3. The molecule has 0 aliphatic rings. The Bertz CT molecular complexity index is 252. The topological polar surface area (TPSA) is 26.3 Å². The number of halogens is 1. The van der Waals surface area contributed by atoms with Crippen molar-refractivity contribution in [3.05, 3.63) is 12.2 Å². The van der Waals surface area contributed by atoms with Gasteiger partial charge in [0.1, 0.15) is 13.2 Å². The second kappa shape index (κ2) is 10.4. The smallest absolute Gasteiger partial charge is 0.333 e. The predicted molar refractivity (Wildman–Crippen MR) is 71.8 cm³/mol. The second-order valence-electron chi connectivity index (χ2n) is 5.36. The van der Waals surface area contributed by atoms with Crippen LogP contribution in [0.1, 0.15) is 39.5 Å². The summed E-state index contributed by atoms with van der Waals surface area (Å²) in [7, 11) is 4.36. The van der Waals surface area contributed by atoms with Crippen LogP contribution >= 0.6 is 0 Å². The molecule has 108 valence electrons. The fourth-order valence-electron chi connectivity index (χ4n) is 1.59. The molecule has 0 bridgehead atoms. The molecular formula is C14H28ClNO2. The molecule has 0 heterocycles. The van der Waals surface area contributed by atoms with Crippen LogP contribution in [0.4, 0.5) is 0 Å². The molecule has 0 saturated heterocycles. The van der Waals surface area contributed by atoms with Crippen LogP contribution < -0.4 is 12.4 Å². The number of ether oxygens (including phenoxy) is 1. The first kappa shape index (κ1) is 19.8. The van der Waals surface area contributed by atoms with Crippen molar-refractivity contribution in [3.63, 3.8) is 0 Å². The Balaban J connectivity index is 0. The Morgan fingerprint density at radius 2 is 1.78 bits per heavy atom. The number of hydrogen-bond donors (Lipinski definition) is 0. The van der Waals surface area contributed by atoms with Gasteiger partial charge in [-0.2, -0.15) is 0 Å². The molecule has 0 aliphatic heterocycles. The molecule has 0 spiro atoms. The Morgan fingerprint density at radius 3 is 2.28 bits per heavy atom. The van der Waals surface area contributed by atoms with Gasteiger partial charge in [0.25, 0.3) is 0 Å². The highest BCUT2D eigenvalue weighted by Crippen LogP contribution is 2.05. The molecule has 0 radical (unpaired) electrons. The molecular weight excluding hydrogens is 250 g/mol. The molecule has 0 aromatic rings. The van der Waals surface area contributed by atoms with E-state index in [4.69, 9.17) is 4.74 Å². The number of carbonyl (C=O) groups excluding carboxylic acids is 1. The number of nitrogens with zero attached hydrogens (tertiary/aromatic N) is 1. The first-order chi connectivity index (χ1) is 7.89. The monoisotopic (exact) mass is 277 g/mol. The van der Waals surface area contributed by atoms with Crippen LogP contribution in [0.5, 0.6) is 0 Å². The molecule has 0 N–H and O–H groups in total. The molecule has 0 unspecified atom stereocenters. The molecule has 0 rings (SSSR count). The van der Waals surface area contributed by atoms with Gasteiger partial charge in [0.15, 0.2) is 0 Å². The minimum absolute atomic E-state index is 0. The van der Waals surface area contributed by atoms with Crippen LogP contribution in [0.15, 0.2) is 12.2 Å². The largest absolute Gasteiger partial charge is 1.00 e. The van der Waals surface area contributed by atoms with Crippen molar-refractivity contribution in [1.29, 1.82) is 0 Å². The zero-order valence-corrected chi connectivity index (χ0v) is 13.1. The molecule has 0 fully saturated rings. The summed E-state index contributed by atoms with van der Waals surface area (Å²) in [4.78, 5) is 11.2. The Kier molecular flexibility index (Phi) is 11.4. The van der Waals surface area contributed by atoms with Crippen LogP contribution in [-0.2, 0) is 9.53 Å². The van der Waals surface area contributed by atoms with E-state index in [1.807, 2.05) is 0 Å². The average Bonchev–Trinajstić information content (AvgIpc) is 2.24. The second-order valence-corrected chi connectivity index (χ2v) is 5.36. The van der Waals surface area contributed by atoms with Crippen molar-refractivity contribution in [2.24, 2.45) is 0 Å². The lowest BCUT2D eigenvalue weighted by molar-refractivity contribution is -0.890. The van der Waals surface area contributed by atoms with E-state index >= 15 is 0 Å². The van der Waals surface area contributed by atoms with Crippen molar-refractivity contribution in [2.75, 3.05) is 33.8 Å². The van der Waals surface area contributed by atoms with Gasteiger partial charge in [0, 0.05) is 5.57 Å². The van der Waals surface area contributed by atoms with Crippen molar-refractivity contribution < 1.29 is 26.4 Å². The van der Waals surface area contributed by atoms with Crippen molar-refractivity contribution in [3.8, 4) is 0 Å². The van der Waals surface area contributed by atoms with Crippen molar-refractivity contribution in [2.45, 2.75) is 39.5 Å². The summed E-state index contributed by atoms with van der Waals surface area (Å²) in [5.74, 6) is -0.281. The summed E-state index contributed by atoms with van der Waals surface area (Å²) in [6.07, 6.45) is 5.12. The van der Waals surface area contributed by atoms with Gasteiger partial charge in [-0.3, -0.25) is 0 Å². The van der Waals surface area contributed by atoms with Gasteiger partial charge in [-0.25, -0.2) is 4.79 Å². The fraction of sp³-hybridized carbons (Fsp3) is 0.786. The summed E-state index contributed by atoms with van der Waals surface area (Å²) < 4.78 is 6.02. The van der Waals surface area contributed by atoms with Gasteiger partial charge in [0.2, 0.25) is 0 Å². The van der Waals surface area contributed by atoms with Gasteiger partial charge in [-0.15, -0.1) is 0 Å². The van der Waals surface area contributed by atoms with Gasteiger partial charge in [0.05, 0.1) is 20.6 Å². The molecule has 4 heteroatoms. The standard InChI is InChI=1S/C14H28NO2.ClH/c1-6-7-8-9-10-15(4,5)11-12-17-14(16)13(2)3;/h2,6-12H2,1,3-5H3;1H/q+1;/p-1. The first-order valence-corrected chi connectivity index (χ1v) is 6.53. The fourth-order valence-corrected chi connectivity index (χ4v) is 1.59. The molecule has 0 aliphatic carbocycles. The van der Waals surface area contributed by atoms with Crippen LogP contribution in [0.2, 0.25) is 0 Å². The SMILES string of the molecule is C=C(C)C(=O)OCC[N+](C)(C)CCCCCC.[Cl-]. The van der Waals surface area contributed by atoms with Crippen molar-refractivity contribution in [1.82, 2.24) is 0 Å². The number of likely N-dealkylation sites (N-methyl/N-ethyl adjacent to an activating group) is 1. The average molecular weight is 278 g/mol. The Labute approximate surface area is 118 Å². The van der Waals surface area contributed by atoms with E-state index in [0.717, 1.165) is 17.6 Å². The van der Waals surface area contributed by atoms with E-state index in [-0.39, 0.29) is 18.4 Å². The quantitative estimate of drug-likeness (QED) is 0.252. The molecule has 0 atom stereocenters. The third-order valence-corrected chi connectivity index (χ3v) is 2.90. The predicted octanol–water partition coefficient (Wildman–Crippen LogP) is -0.234. The van der Waals surface area contributed by atoms with Crippen LogP contribution in [0, 0.1) is 0 Å². The molecule has 0 amide bonds. The van der Waals surface area contributed by atoms with E-state index in [0.29, 0.717) is 12.2 Å². The Morgan fingerprint density at radius 1 is 1.17 bits per heavy atom. The van der Waals surface area contributed by atoms with Crippen molar-refractivity contribution >= 4 is 5.97 Å². The van der Waals surface area contributed by atoms with E-state index in [1.165, 1.54) is 25.7 Å². The summed E-state index contributed by atoms with van der Waals surface area (Å²) in [5.41, 5.74) is 0.471. The summed E-state index contributed by atoms with van der Waals surface area (Å²) in [6, 6.07) is 0. The summed E-state index contributed by atoms with van der Waals surface area (Å²) >= 11 is 0. The lowest BCUT2D eigenvalue weighted by Crippen LogP contribution is -3.00. The van der Waals surface area contributed by atoms with Crippen LogP contribution in [0.3, 0.4) is 0 Å². The zero-order chi connectivity index (χ0) is 13.3. The molecule has 3 nitrogen and oxygen atoms in total. The molecule has 0 aromatic carbocycles. The number of rotatable bonds is 9. The maximum absolute atomic E-state index is 11.2. The van der Waals surface area contributed by atoms with E-state index in [1.54, 1.807) is 6.92 Å². The summed E-state index contributed by atoms with van der Waals surface area (Å²) in [6.45, 7) is 9.94. The van der Waals surface area contributed by atoms with Gasteiger partial charge in [-0.05, 0) is 19.8 Å². The van der Waals surface area contributed by atoms with E-state index < -0.39 is 0 Å². The Hall–Kier alpha value is -0.540. The molecule has 0 aromatic heterocycles. The highest BCUT2D eigenvalue weighted by atomic mass is 35.5. The molecule has 18 heavy (non-hydrogen) atoms. The zero-order valence-electron chi connectivity index (χ0n) is 12.3. The normalized spacial score (nSPS) is 10.7. The van der Waals surface area contributed by atoms with Gasteiger partial charge in [-0.1, -0.05) is 26.3 Å². The lowest BCUT2D eigenvalue weighted by Gasteiger charge is -2.29. The van der Waals surface area contributed by atoms with E-state index in [2.05, 4.69) is 27.6 Å². The van der Waals surface area contributed by atoms with E-state index in [9.17, 15) is 4.79 Å². The summed E-state index contributed by atoms with van der Waals surface area (Å²) in [5, 5.41) is 0.